The summed E-state index contributed by atoms with van der Waals surface area (Å²) in [6.45, 7) is -0.0246. The molecule has 0 aliphatic carbocycles. The monoisotopic (exact) mass is 336 g/mol. The van der Waals surface area contributed by atoms with Crippen LogP contribution in [0.1, 0.15) is 15.9 Å². The Morgan fingerprint density at radius 2 is 1.80 bits per heavy atom. The number of carbonyl (C=O) groups excluding carboxylic acids is 2. The van der Waals surface area contributed by atoms with Crippen molar-refractivity contribution in [2.45, 2.75) is 0 Å². The Hall–Kier alpha value is -3.59. The molecule has 0 heterocycles. The minimum atomic E-state index is -0.407. The fraction of sp³-hybridized carbons (Fsp3) is 0.105. The highest BCUT2D eigenvalue weighted by atomic mass is 16.5. The molecule has 2 aromatic rings. The highest BCUT2D eigenvalue weighted by Gasteiger charge is 2.03. The second-order valence-corrected chi connectivity index (χ2v) is 4.91. The highest BCUT2D eigenvalue weighted by Crippen LogP contribution is 2.15. The molecule has 25 heavy (non-hydrogen) atoms. The molecule has 0 saturated heterocycles. The van der Waals surface area contributed by atoms with Crippen molar-refractivity contribution in [2.75, 3.05) is 19.0 Å². The number of nitriles is 1. The van der Waals surface area contributed by atoms with E-state index in [0.29, 0.717) is 17.0 Å². The van der Waals surface area contributed by atoms with Gasteiger partial charge >= 0.3 is 5.97 Å². The molecule has 0 bridgehead atoms. The number of nitrogens with zero attached hydrogens (tertiary/aromatic N) is 1. The Bertz CT molecular complexity index is 803. The van der Waals surface area contributed by atoms with Crippen LogP contribution in [0.25, 0.3) is 6.08 Å². The summed E-state index contributed by atoms with van der Waals surface area (Å²) in [6.07, 6.45) is 3.04. The Balaban J connectivity index is 1.92. The number of nitrogens with one attached hydrogen (secondary N) is 1. The van der Waals surface area contributed by atoms with Crippen LogP contribution in [0, 0.1) is 11.3 Å². The molecule has 0 unspecified atom stereocenters. The van der Waals surface area contributed by atoms with Crippen molar-refractivity contribution in [3.63, 3.8) is 0 Å². The molecule has 0 saturated carbocycles. The van der Waals surface area contributed by atoms with Gasteiger partial charge in [-0.3, -0.25) is 4.79 Å². The second kappa shape index (κ2) is 8.89. The molecule has 0 radical (unpaired) electrons. The first-order chi connectivity index (χ1) is 12.1. The lowest BCUT2D eigenvalue weighted by Gasteiger charge is -2.04. The highest BCUT2D eigenvalue weighted by molar-refractivity contribution is 6.02. The number of anilines is 1. The molecule has 0 spiro atoms. The summed E-state index contributed by atoms with van der Waals surface area (Å²) >= 11 is 0. The van der Waals surface area contributed by atoms with E-state index in [1.165, 1.54) is 13.2 Å². The summed E-state index contributed by atoms with van der Waals surface area (Å²) < 4.78 is 9.76. The van der Waals surface area contributed by atoms with E-state index in [1.54, 1.807) is 54.6 Å². The van der Waals surface area contributed by atoms with Gasteiger partial charge in [0.25, 0.3) is 0 Å². The van der Waals surface area contributed by atoms with E-state index in [4.69, 9.17) is 10.00 Å². The van der Waals surface area contributed by atoms with E-state index < -0.39 is 5.97 Å². The zero-order valence-electron chi connectivity index (χ0n) is 13.6. The van der Waals surface area contributed by atoms with E-state index in [0.717, 1.165) is 5.56 Å². The quantitative estimate of drug-likeness (QED) is 0.647. The topological polar surface area (TPSA) is 88.4 Å². The molecule has 0 aromatic heterocycles. The van der Waals surface area contributed by atoms with Crippen LogP contribution in [0.3, 0.4) is 0 Å². The minimum absolute atomic E-state index is 0.0246. The molecular weight excluding hydrogens is 320 g/mol. The van der Waals surface area contributed by atoms with E-state index in [2.05, 4.69) is 10.1 Å². The zero-order chi connectivity index (χ0) is 18.1. The van der Waals surface area contributed by atoms with E-state index in [-0.39, 0.29) is 12.5 Å². The predicted molar refractivity (Wildman–Crippen MR) is 93.0 cm³/mol. The number of esters is 1. The molecule has 0 fully saturated rings. The van der Waals surface area contributed by atoms with Gasteiger partial charge in [-0.2, -0.15) is 5.26 Å². The van der Waals surface area contributed by atoms with Crippen molar-refractivity contribution < 1.29 is 19.1 Å². The fourth-order valence-corrected chi connectivity index (χ4v) is 1.95. The number of hydrogen-bond acceptors (Lipinski definition) is 5. The van der Waals surface area contributed by atoms with Crippen molar-refractivity contribution in [3.8, 4) is 11.8 Å². The number of benzene rings is 2. The standard InChI is InChI=1S/C19H16N2O4/c1-24-19(23)15-5-2-14(3-6-15)4-11-18(22)21-16-7-9-17(10-8-16)25-13-12-20/h2-11H,13H2,1H3,(H,21,22)/b11-4+. The summed E-state index contributed by atoms with van der Waals surface area (Å²) in [5, 5.41) is 11.2. The van der Waals surface area contributed by atoms with Gasteiger partial charge in [0.2, 0.25) is 5.91 Å². The number of methoxy groups -OCH3 is 1. The van der Waals surface area contributed by atoms with E-state index in [1.807, 2.05) is 6.07 Å². The Kier molecular flexibility index (Phi) is 6.32. The van der Waals surface area contributed by atoms with E-state index in [9.17, 15) is 9.59 Å². The van der Waals surface area contributed by atoms with Crippen molar-refractivity contribution >= 4 is 23.6 Å². The lowest BCUT2D eigenvalue weighted by atomic mass is 10.1. The molecule has 2 aromatic carbocycles. The third-order valence-corrected chi connectivity index (χ3v) is 3.18. The molecule has 1 amide bonds. The predicted octanol–water partition coefficient (Wildman–Crippen LogP) is 3.03. The molecule has 1 N–H and O–H groups in total. The maximum absolute atomic E-state index is 11.9. The van der Waals surface area contributed by atoms with Crippen LogP contribution in [0.15, 0.2) is 54.6 Å². The third-order valence-electron chi connectivity index (χ3n) is 3.18. The van der Waals surface area contributed by atoms with Gasteiger partial charge in [-0.15, -0.1) is 0 Å². The Labute approximate surface area is 145 Å². The first kappa shape index (κ1) is 17.8. The molecule has 6 heteroatoms. The summed E-state index contributed by atoms with van der Waals surface area (Å²) in [7, 11) is 1.32. The lowest BCUT2D eigenvalue weighted by molar-refractivity contribution is -0.111. The van der Waals surface area contributed by atoms with Crippen molar-refractivity contribution in [1.29, 1.82) is 5.26 Å². The van der Waals surface area contributed by atoms with Gasteiger partial charge in [0.1, 0.15) is 11.8 Å². The number of hydrogen-bond donors (Lipinski definition) is 1. The average molecular weight is 336 g/mol. The van der Waals surface area contributed by atoms with Gasteiger partial charge in [-0.05, 0) is 48.0 Å². The second-order valence-electron chi connectivity index (χ2n) is 4.91. The molecule has 6 nitrogen and oxygen atoms in total. The van der Waals surface area contributed by atoms with Crippen molar-refractivity contribution in [1.82, 2.24) is 0 Å². The fourth-order valence-electron chi connectivity index (χ4n) is 1.95. The van der Waals surface area contributed by atoms with Crippen LogP contribution < -0.4 is 10.1 Å². The van der Waals surface area contributed by atoms with Crippen LogP contribution in [-0.4, -0.2) is 25.6 Å². The maximum Gasteiger partial charge on any atom is 0.337 e. The van der Waals surface area contributed by atoms with Gasteiger partial charge in [0.15, 0.2) is 6.61 Å². The summed E-state index contributed by atoms with van der Waals surface area (Å²) in [5.41, 5.74) is 1.84. The Morgan fingerprint density at radius 1 is 1.12 bits per heavy atom. The van der Waals surface area contributed by atoms with E-state index >= 15 is 0 Å². The molecule has 0 atom stereocenters. The normalized spacial score (nSPS) is 10.1. The van der Waals surface area contributed by atoms with Crippen molar-refractivity contribution in [3.05, 3.63) is 65.7 Å². The van der Waals surface area contributed by atoms with Gasteiger partial charge in [0.05, 0.1) is 12.7 Å². The van der Waals surface area contributed by atoms with Crippen LogP contribution in [0.5, 0.6) is 5.75 Å². The number of ether oxygens (including phenoxy) is 2. The summed E-state index contributed by atoms with van der Waals surface area (Å²) in [5.74, 6) is -0.140. The number of rotatable bonds is 6. The van der Waals surface area contributed by atoms with Gasteiger partial charge < -0.3 is 14.8 Å². The molecular formula is C19H16N2O4. The number of amides is 1. The van der Waals surface area contributed by atoms with Gasteiger partial charge in [-0.25, -0.2) is 4.79 Å². The first-order valence-corrected chi connectivity index (χ1v) is 7.39. The van der Waals surface area contributed by atoms with Crippen LogP contribution >= 0.6 is 0 Å². The van der Waals surface area contributed by atoms with Crippen LogP contribution in [-0.2, 0) is 9.53 Å². The largest absolute Gasteiger partial charge is 0.479 e. The molecule has 0 aliphatic heterocycles. The molecule has 0 aliphatic rings. The van der Waals surface area contributed by atoms with Crippen LogP contribution in [0.4, 0.5) is 5.69 Å². The van der Waals surface area contributed by atoms with Gasteiger partial charge in [-0.1, -0.05) is 12.1 Å². The van der Waals surface area contributed by atoms with Crippen molar-refractivity contribution in [2.24, 2.45) is 0 Å². The summed E-state index contributed by atoms with van der Waals surface area (Å²) in [6, 6.07) is 15.3. The number of carbonyl (C=O) groups is 2. The van der Waals surface area contributed by atoms with Gasteiger partial charge in [0, 0.05) is 11.8 Å². The minimum Gasteiger partial charge on any atom is -0.479 e. The summed E-state index contributed by atoms with van der Waals surface area (Å²) in [4.78, 5) is 23.3. The zero-order valence-corrected chi connectivity index (χ0v) is 13.6. The maximum atomic E-state index is 11.9. The molecule has 2 rings (SSSR count). The Morgan fingerprint density at radius 3 is 2.40 bits per heavy atom. The first-order valence-electron chi connectivity index (χ1n) is 7.39. The lowest BCUT2D eigenvalue weighted by Crippen LogP contribution is -2.07. The van der Waals surface area contributed by atoms with Crippen LogP contribution in [0.2, 0.25) is 0 Å². The molecule has 126 valence electrons. The smallest absolute Gasteiger partial charge is 0.337 e. The SMILES string of the molecule is COC(=O)c1ccc(/C=C/C(=O)Nc2ccc(OCC#N)cc2)cc1. The third kappa shape index (κ3) is 5.52. The average Bonchev–Trinajstić information content (AvgIpc) is 2.65.